The molecule has 80 valence electrons. The zero-order valence-electron chi connectivity index (χ0n) is 7.91. The van der Waals surface area contributed by atoms with E-state index in [0.29, 0.717) is 5.25 Å². The fraction of sp³-hybridized carbons (Fsp3) is 0.300. The van der Waals surface area contributed by atoms with Crippen molar-refractivity contribution in [1.29, 1.82) is 0 Å². The van der Waals surface area contributed by atoms with Crippen LogP contribution in [0.1, 0.15) is 0 Å². The number of nitrogens with one attached hydrogen (secondary N) is 1. The molecule has 1 aromatic carbocycles. The molecule has 1 heterocycles. The van der Waals surface area contributed by atoms with Gasteiger partial charge in [0.15, 0.2) is 5.17 Å². The summed E-state index contributed by atoms with van der Waals surface area (Å²) in [5.41, 5.74) is 0.990. The SMILES string of the molecule is Clc1cccc(NC2=NCC(CBr)S2)c1. The average molecular weight is 306 g/mol. The summed E-state index contributed by atoms with van der Waals surface area (Å²) in [6, 6.07) is 7.66. The zero-order valence-corrected chi connectivity index (χ0v) is 11.1. The lowest BCUT2D eigenvalue weighted by Crippen LogP contribution is -2.08. The van der Waals surface area contributed by atoms with Gasteiger partial charge in [-0.1, -0.05) is 45.4 Å². The number of halogens is 2. The van der Waals surface area contributed by atoms with Crippen molar-refractivity contribution in [2.75, 3.05) is 17.2 Å². The van der Waals surface area contributed by atoms with E-state index < -0.39 is 0 Å². The van der Waals surface area contributed by atoms with Gasteiger partial charge in [0.05, 0.1) is 6.54 Å². The second kappa shape index (κ2) is 5.23. The summed E-state index contributed by atoms with van der Waals surface area (Å²) >= 11 is 11.1. The number of alkyl halides is 1. The van der Waals surface area contributed by atoms with Gasteiger partial charge in [-0.15, -0.1) is 0 Å². The Morgan fingerprint density at radius 1 is 1.60 bits per heavy atom. The van der Waals surface area contributed by atoms with E-state index in [-0.39, 0.29) is 0 Å². The molecule has 1 N–H and O–H groups in total. The van der Waals surface area contributed by atoms with Crippen molar-refractivity contribution in [3.8, 4) is 0 Å². The molecule has 0 aliphatic carbocycles. The number of anilines is 1. The quantitative estimate of drug-likeness (QED) is 0.844. The Kier molecular flexibility index (Phi) is 3.94. The van der Waals surface area contributed by atoms with Crippen molar-refractivity contribution in [1.82, 2.24) is 0 Å². The first kappa shape index (κ1) is 11.3. The molecule has 1 aromatic rings. The number of hydrogen-bond acceptors (Lipinski definition) is 3. The molecule has 0 saturated carbocycles. The van der Waals surface area contributed by atoms with Gasteiger partial charge in [-0.2, -0.15) is 0 Å². The van der Waals surface area contributed by atoms with Crippen LogP contribution in [-0.2, 0) is 0 Å². The number of thioether (sulfide) groups is 1. The lowest BCUT2D eigenvalue weighted by molar-refractivity contribution is 0.993. The topological polar surface area (TPSA) is 24.4 Å². The van der Waals surface area contributed by atoms with Gasteiger partial charge in [-0.3, -0.25) is 4.99 Å². The highest BCUT2D eigenvalue weighted by atomic mass is 79.9. The van der Waals surface area contributed by atoms with Crippen molar-refractivity contribution in [3.63, 3.8) is 0 Å². The predicted octanol–water partition coefficient (Wildman–Crippen LogP) is 3.62. The lowest BCUT2D eigenvalue weighted by atomic mass is 10.3. The summed E-state index contributed by atoms with van der Waals surface area (Å²) in [5, 5.41) is 6.49. The van der Waals surface area contributed by atoms with Gasteiger partial charge in [-0.05, 0) is 18.2 Å². The van der Waals surface area contributed by atoms with Gasteiger partial charge in [0.1, 0.15) is 0 Å². The first-order valence-electron chi connectivity index (χ1n) is 4.57. The maximum atomic E-state index is 5.89. The Balaban J connectivity index is 1.98. The van der Waals surface area contributed by atoms with Crippen molar-refractivity contribution < 1.29 is 0 Å². The Morgan fingerprint density at radius 2 is 2.47 bits per heavy atom. The van der Waals surface area contributed by atoms with E-state index >= 15 is 0 Å². The molecule has 1 aliphatic rings. The van der Waals surface area contributed by atoms with Crippen LogP contribution in [0.25, 0.3) is 0 Å². The van der Waals surface area contributed by atoms with Crippen LogP contribution in [0.3, 0.4) is 0 Å². The number of hydrogen-bond donors (Lipinski definition) is 1. The molecule has 0 amide bonds. The van der Waals surface area contributed by atoms with Gasteiger partial charge < -0.3 is 5.32 Å². The highest BCUT2D eigenvalue weighted by Crippen LogP contribution is 2.24. The summed E-state index contributed by atoms with van der Waals surface area (Å²) < 4.78 is 0. The molecule has 0 saturated heterocycles. The third kappa shape index (κ3) is 3.13. The predicted molar refractivity (Wildman–Crippen MR) is 72.5 cm³/mol. The Labute approximate surface area is 107 Å². The van der Waals surface area contributed by atoms with Gasteiger partial charge in [-0.25, -0.2) is 0 Å². The largest absolute Gasteiger partial charge is 0.335 e. The number of nitrogens with zero attached hydrogens (tertiary/aromatic N) is 1. The number of rotatable bonds is 2. The number of benzene rings is 1. The zero-order chi connectivity index (χ0) is 10.7. The summed E-state index contributed by atoms with van der Waals surface area (Å²) in [6.07, 6.45) is 0. The molecule has 1 aliphatic heterocycles. The van der Waals surface area contributed by atoms with Crippen molar-refractivity contribution in [3.05, 3.63) is 29.3 Å². The van der Waals surface area contributed by atoms with Crippen molar-refractivity contribution in [2.45, 2.75) is 5.25 Å². The molecule has 0 aromatic heterocycles. The minimum Gasteiger partial charge on any atom is -0.335 e. The molecule has 1 unspecified atom stereocenters. The first-order valence-corrected chi connectivity index (χ1v) is 6.95. The van der Waals surface area contributed by atoms with E-state index in [9.17, 15) is 0 Å². The smallest absolute Gasteiger partial charge is 0.161 e. The van der Waals surface area contributed by atoms with Crippen LogP contribution in [-0.4, -0.2) is 22.3 Å². The monoisotopic (exact) mass is 304 g/mol. The van der Waals surface area contributed by atoms with Crippen LogP contribution < -0.4 is 5.32 Å². The highest BCUT2D eigenvalue weighted by Gasteiger charge is 2.18. The van der Waals surface area contributed by atoms with Gasteiger partial charge in [0, 0.05) is 21.3 Å². The lowest BCUT2D eigenvalue weighted by Gasteiger charge is -2.06. The van der Waals surface area contributed by atoms with Crippen LogP contribution in [0.5, 0.6) is 0 Å². The van der Waals surface area contributed by atoms with Crippen molar-refractivity contribution in [2.24, 2.45) is 4.99 Å². The molecule has 2 rings (SSSR count). The van der Waals surface area contributed by atoms with E-state index in [1.165, 1.54) is 0 Å². The Hall–Kier alpha value is -0.190. The standard InChI is InChI=1S/C10H10BrClN2S/c11-5-9-6-13-10(15-9)14-8-3-1-2-7(12)4-8/h1-4,9H,5-6H2,(H,13,14). The minimum absolute atomic E-state index is 0.548. The molecule has 15 heavy (non-hydrogen) atoms. The summed E-state index contributed by atoms with van der Waals surface area (Å²) in [6.45, 7) is 0.874. The fourth-order valence-corrected chi connectivity index (χ4v) is 2.90. The minimum atomic E-state index is 0.548. The maximum absolute atomic E-state index is 5.89. The Bertz CT molecular complexity index is 383. The van der Waals surface area contributed by atoms with Crippen LogP contribution in [0.2, 0.25) is 5.02 Å². The molecule has 0 bridgehead atoms. The summed E-state index contributed by atoms with van der Waals surface area (Å²) in [5.74, 6) is 0. The number of amidine groups is 1. The van der Waals surface area contributed by atoms with Gasteiger partial charge in [0.2, 0.25) is 0 Å². The molecule has 0 fully saturated rings. The van der Waals surface area contributed by atoms with E-state index in [1.54, 1.807) is 11.8 Å². The van der Waals surface area contributed by atoms with E-state index in [1.807, 2.05) is 24.3 Å². The highest BCUT2D eigenvalue weighted by molar-refractivity contribution is 9.09. The molecule has 0 spiro atoms. The molecule has 5 heteroatoms. The molecule has 1 atom stereocenters. The fourth-order valence-electron chi connectivity index (χ4n) is 1.26. The second-order valence-electron chi connectivity index (χ2n) is 3.18. The van der Waals surface area contributed by atoms with Crippen LogP contribution in [0.15, 0.2) is 29.3 Å². The third-order valence-electron chi connectivity index (χ3n) is 1.96. The maximum Gasteiger partial charge on any atom is 0.161 e. The third-order valence-corrected chi connectivity index (χ3v) is 4.51. The molecule has 2 nitrogen and oxygen atoms in total. The molecular formula is C10H10BrClN2S. The summed E-state index contributed by atoms with van der Waals surface area (Å²) in [7, 11) is 0. The van der Waals surface area contributed by atoms with Crippen molar-refractivity contribution >= 4 is 50.1 Å². The van der Waals surface area contributed by atoms with Crippen LogP contribution in [0.4, 0.5) is 5.69 Å². The van der Waals surface area contributed by atoms with Crippen LogP contribution >= 0.6 is 39.3 Å². The first-order chi connectivity index (χ1) is 7.28. The molecule has 0 radical (unpaired) electrons. The number of aliphatic imine (C=N–C) groups is 1. The normalized spacial score (nSPS) is 20.1. The van der Waals surface area contributed by atoms with Crippen LogP contribution in [0, 0.1) is 0 Å². The Morgan fingerprint density at radius 3 is 3.13 bits per heavy atom. The van der Waals surface area contributed by atoms with E-state index in [2.05, 4.69) is 26.2 Å². The summed E-state index contributed by atoms with van der Waals surface area (Å²) in [4.78, 5) is 4.41. The molecular weight excluding hydrogens is 296 g/mol. The van der Waals surface area contributed by atoms with E-state index in [4.69, 9.17) is 11.6 Å². The second-order valence-corrected chi connectivity index (χ2v) is 5.55. The van der Waals surface area contributed by atoms with E-state index in [0.717, 1.165) is 27.8 Å². The van der Waals surface area contributed by atoms with Gasteiger partial charge >= 0.3 is 0 Å². The average Bonchev–Trinajstić information content (AvgIpc) is 2.65. The van der Waals surface area contributed by atoms with Gasteiger partial charge in [0.25, 0.3) is 0 Å².